The Labute approximate surface area is 124 Å². The van der Waals surface area contributed by atoms with Gasteiger partial charge < -0.3 is 10.4 Å². The van der Waals surface area contributed by atoms with Gasteiger partial charge in [0.15, 0.2) is 0 Å². The zero-order valence-electron chi connectivity index (χ0n) is 12.3. The van der Waals surface area contributed by atoms with Crippen molar-refractivity contribution in [3.05, 3.63) is 48.2 Å². The van der Waals surface area contributed by atoms with E-state index >= 15 is 0 Å². The molecule has 0 aliphatic rings. The Balaban J connectivity index is 2.04. The zero-order valence-corrected chi connectivity index (χ0v) is 12.3. The summed E-state index contributed by atoms with van der Waals surface area (Å²) in [6.07, 6.45) is 4.42. The van der Waals surface area contributed by atoms with E-state index in [-0.39, 0.29) is 18.4 Å². The highest BCUT2D eigenvalue weighted by molar-refractivity contribution is 5.95. The van der Waals surface area contributed by atoms with Crippen LogP contribution in [0.4, 0.5) is 0 Å². The van der Waals surface area contributed by atoms with Gasteiger partial charge in [-0.05, 0) is 18.1 Å². The number of aliphatic hydroxyl groups excluding tert-OH is 1. The van der Waals surface area contributed by atoms with Crippen LogP contribution in [0.3, 0.4) is 0 Å². The number of carbonyl (C=O) groups is 1. The van der Waals surface area contributed by atoms with E-state index in [9.17, 15) is 9.90 Å². The molecule has 2 rings (SSSR count). The average molecular weight is 284 g/mol. The molecule has 4 heteroatoms. The molecule has 0 aliphatic heterocycles. The van der Waals surface area contributed by atoms with Crippen LogP contribution in [0.5, 0.6) is 0 Å². The number of aromatic nitrogens is 1. The van der Waals surface area contributed by atoms with Gasteiger partial charge in [0.25, 0.3) is 0 Å². The first-order valence-electron chi connectivity index (χ1n) is 7.05. The largest absolute Gasteiger partial charge is 0.391 e. The van der Waals surface area contributed by atoms with Gasteiger partial charge in [0.2, 0.25) is 5.91 Å². The van der Waals surface area contributed by atoms with Crippen molar-refractivity contribution in [3.8, 4) is 0 Å². The number of amides is 1. The van der Waals surface area contributed by atoms with Crippen LogP contribution in [0.2, 0.25) is 0 Å². The molecule has 0 saturated carbocycles. The summed E-state index contributed by atoms with van der Waals surface area (Å²) in [5.41, 5.74) is 1.76. The molecule has 2 aromatic rings. The van der Waals surface area contributed by atoms with Crippen molar-refractivity contribution in [2.75, 3.05) is 6.54 Å². The van der Waals surface area contributed by atoms with Gasteiger partial charge in [0.1, 0.15) is 0 Å². The van der Waals surface area contributed by atoms with Crippen LogP contribution >= 0.6 is 0 Å². The van der Waals surface area contributed by atoms with Gasteiger partial charge in [-0.2, -0.15) is 0 Å². The summed E-state index contributed by atoms with van der Waals surface area (Å²) in [5.74, 6) is -0.0980. The highest BCUT2D eigenvalue weighted by Crippen LogP contribution is 2.16. The summed E-state index contributed by atoms with van der Waals surface area (Å²) >= 11 is 0. The Morgan fingerprint density at radius 1 is 1.33 bits per heavy atom. The maximum atomic E-state index is 11.8. The number of para-hydroxylation sites is 1. The quantitative estimate of drug-likeness (QED) is 0.829. The van der Waals surface area contributed by atoms with E-state index in [2.05, 4.69) is 10.3 Å². The SMILES string of the molecule is CC(C)C(O)CNC(=O)/C=C/c1cccc2cccnc12. The third-order valence-electron chi connectivity index (χ3n) is 3.33. The lowest BCUT2D eigenvalue weighted by Crippen LogP contribution is -2.33. The van der Waals surface area contributed by atoms with Crippen molar-refractivity contribution >= 4 is 22.9 Å². The first kappa shape index (κ1) is 15.2. The number of pyridine rings is 1. The maximum Gasteiger partial charge on any atom is 0.244 e. The minimum atomic E-state index is -0.526. The van der Waals surface area contributed by atoms with E-state index in [1.54, 1.807) is 12.3 Å². The number of hydrogen-bond donors (Lipinski definition) is 2. The summed E-state index contributed by atoms with van der Waals surface area (Å²) in [4.78, 5) is 16.1. The number of nitrogens with one attached hydrogen (secondary N) is 1. The molecule has 0 radical (unpaired) electrons. The summed E-state index contributed by atoms with van der Waals surface area (Å²) in [6, 6.07) is 9.71. The monoisotopic (exact) mass is 284 g/mol. The second-order valence-corrected chi connectivity index (χ2v) is 5.31. The molecule has 1 aromatic heterocycles. The standard InChI is InChI=1S/C17H20N2O2/c1-12(2)15(20)11-19-16(21)9-8-14-6-3-5-13-7-4-10-18-17(13)14/h3-10,12,15,20H,11H2,1-2H3,(H,19,21)/b9-8+. The number of carbonyl (C=O) groups excluding carboxylic acids is 1. The van der Waals surface area contributed by atoms with E-state index in [0.717, 1.165) is 16.5 Å². The molecule has 1 amide bonds. The Hall–Kier alpha value is -2.20. The fraction of sp³-hybridized carbons (Fsp3) is 0.294. The van der Waals surface area contributed by atoms with Gasteiger partial charge in [-0.25, -0.2) is 0 Å². The average Bonchev–Trinajstić information content (AvgIpc) is 2.50. The van der Waals surface area contributed by atoms with Crippen molar-refractivity contribution in [2.45, 2.75) is 20.0 Å². The second kappa shape index (κ2) is 6.99. The van der Waals surface area contributed by atoms with E-state index in [1.165, 1.54) is 6.08 Å². The summed E-state index contributed by atoms with van der Waals surface area (Å²) in [6.45, 7) is 4.08. The van der Waals surface area contributed by atoms with Gasteiger partial charge in [-0.15, -0.1) is 0 Å². The molecule has 0 spiro atoms. The predicted octanol–water partition coefficient (Wildman–Crippen LogP) is 2.38. The third kappa shape index (κ3) is 4.13. The lowest BCUT2D eigenvalue weighted by molar-refractivity contribution is -0.117. The molecule has 2 N–H and O–H groups in total. The summed E-state index contributed by atoms with van der Waals surface area (Å²) in [7, 11) is 0. The second-order valence-electron chi connectivity index (χ2n) is 5.31. The number of nitrogens with zero attached hydrogens (tertiary/aromatic N) is 1. The fourth-order valence-electron chi connectivity index (χ4n) is 1.93. The summed E-state index contributed by atoms with van der Waals surface area (Å²) in [5, 5.41) is 13.4. The first-order chi connectivity index (χ1) is 10.1. The number of fused-ring (bicyclic) bond motifs is 1. The Kier molecular flexibility index (Phi) is 5.06. The lowest BCUT2D eigenvalue weighted by atomic mass is 10.1. The molecule has 21 heavy (non-hydrogen) atoms. The summed E-state index contributed by atoms with van der Waals surface area (Å²) < 4.78 is 0. The minimum absolute atomic E-state index is 0.122. The maximum absolute atomic E-state index is 11.8. The Bertz CT molecular complexity index is 645. The molecule has 110 valence electrons. The molecule has 0 bridgehead atoms. The van der Waals surface area contributed by atoms with Crippen LogP contribution in [0.15, 0.2) is 42.6 Å². The molecule has 1 aromatic carbocycles. The van der Waals surface area contributed by atoms with E-state index in [1.807, 2.05) is 44.2 Å². The van der Waals surface area contributed by atoms with Crippen LogP contribution in [0, 0.1) is 5.92 Å². The van der Waals surface area contributed by atoms with Crippen LogP contribution in [0.25, 0.3) is 17.0 Å². The fourth-order valence-corrected chi connectivity index (χ4v) is 1.93. The molecule has 0 fully saturated rings. The van der Waals surface area contributed by atoms with Gasteiger partial charge in [0.05, 0.1) is 11.6 Å². The van der Waals surface area contributed by atoms with Crippen molar-refractivity contribution in [1.29, 1.82) is 0 Å². The highest BCUT2D eigenvalue weighted by Gasteiger charge is 2.09. The van der Waals surface area contributed by atoms with Crippen LogP contribution in [-0.2, 0) is 4.79 Å². The van der Waals surface area contributed by atoms with Gasteiger partial charge in [0, 0.05) is 29.8 Å². The number of rotatable bonds is 5. The smallest absolute Gasteiger partial charge is 0.244 e. The Morgan fingerprint density at radius 3 is 2.86 bits per heavy atom. The van der Waals surface area contributed by atoms with Crippen molar-refractivity contribution < 1.29 is 9.90 Å². The number of hydrogen-bond acceptors (Lipinski definition) is 3. The van der Waals surface area contributed by atoms with Crippen LogP contribution in [-0.4, -0.2) is 28.6 Å². The minimum Gasteiger partial charge on any atom is -0.391 e. The van der Waals surface area contributed by atoms with Crippen molar-refractivity contribution in [1.82, 2.24) is 10.3 Å². The van der Waals surface area contributed by atoms with Crippen molar-refractivity contribution in [3.63, 3.8) is 0 Å². The van der Waals surface area contributed by atoms with E-state index in [0.29, 0.717) is 0 Å². The molecule has 0 saturated heterocycles. The van der Waals surface area contributed by atoms with Gasteiger partial charge in [-0.1, -0.05) is 38.1 Å². The normalized spacial score (nSPS) is 13.0. The van der Waals surface area contributed by atoms with Gasteiger partial charge in [-0.3, -0.25) is 9.78 Å². The number of benzene rings is 1. The van der Waals surface area contributed by atoms with E-state index in [4.69, 9.17) is 0 Å². The molecule has 1 unspecified atom stereocenters. The van der Waals surface area contributed by atoms with E-state index < -0.39 is 6.10 Å². The molecule has 4 nitrogen and oxygen atoms in total. The highest BCUT2D eigenvalue weighted by atomic mass is 16.3. The lowest BCUT2D eigenvalue weighted by Gasteiger charge is -2.14. The Morgan fingerprint density at radius 2 is 2.10 bits per heavy atom. The predicted molar refractivity (Wildman–Crippen MR) is 84.6 cm³/mol. The van der Waals surface area contributed by atoms with Gasteiger partial charge >= 0.3 is 0 Å². The van der Waals surface area contributed by atoms with Crippen LogP contribution < -0.4 is 5.32 Å². The number of aliphatic hydroxyl groups is 1. The van der Waals surface area contributed by atoms with Crippen molar-refractivity contribution in [2.24, 2.45) is 5.92 Å². The third-order valence-corrected chi connectivity index (χ3v) is 3.33. The first-order valence-corrected chi connectivity index (χ1v) is 7.05. The molecular formula is C17H20N2O2. The molecule has 1 atom stereocenters. The molecule has 0 aliphatic carbocycles. The van der Waals surface area contributed by atoms with Crippen LogP contribution in [0.1, 0.15) is 19.4 Å². The molecule has 1 heterocycles. The topological polar surface area (TPSA) is 62.2 Å². The zero-order chi connectivity index (χ0) is 15.2. The molecular weight excluding hydrogens is 264 g/mol.